The number of rotatable bonds is 4. The second-order valence-electron chi connectivity index (χ2n) is 8.44. The Morgan fingerprint density at radius 3 is 2.50 bits per heavy atom. The molecule has 32 heavy (non-hydrogen) atoms. The number of piperidine rings is 1. The second-order valence-corrected chi connectivity index (χ2v) is 8.84. The Morgan fingerprint density at radius 2 is 1.81 bits per heavy atom. The van der Waals surface area contributed by atoms with E-state index in [4.69, 9.17) is 16.3 Å². The predicted octanol–water partition coefficient (Wildman–Crippen LogP) is 4.78. The van der Waals surface area contributed by atoms with Crippen molar-refractivity contribution in [2.24, 2.45) is 5.92 Å². The molecule has 0 bridgehead atoms. The lowest BCUT2D eigenvalue weighted by atomic mass is 9.97. The molecule has 1 aliphatic heterocycles. The number of ether oxygens (including phenoxy) is 1. The van der Waals surface area contributed by atoms with E-state index in [0.717, 1.165) is 18.4 Å². The van der Waals surface area contributed by atoms with E-state index >= 15 is 0 Å². The highest BCUT2D eigenvalue weighted by Gasteiger charge is 2.33. The van der Waals surface area contributed by atoms with Gasteiger partial charge in [0, 0.05) is 13.1 Å². The minimum Gasteiger partial charge on any atom is -0.469 e. The van der Waals surface area contributed by atoms with Crippen LogP contribution in [0, 0.1) is 11.7 Å². The summed E-state index contributed by atoms with van der Waals surface area (Å²) in [6, 6.07) is 10.1. The third-order valence-corrected chi connectivity index (χ3v) is 6.75. The van der Waals surface area contributed by atoms with Crippen LogP contribution in [0.25, 0.3) is 10.9 Å². The molecule has 1 aliphatic carbocycles. The van der Waals surface area contributed by atoms with Gasteiger partial charge in [0.1, 0.15) is 5.82 Å². The van der Waals surface area contributed by atoms with E-state index in [1.807, 2.05) is 17.0 Å². The Balaban J connectivity index is 1.56. The van der Waals surface area contributed by atoms with Crippen LogP contribution < -0.4 is 4.90 Å². The predicted molar refractivity (Wildman–Crippen MR) is 120 cm³/mol. The number of halogens is 2. The first kappa shape index (κ1) is 20.9. The number of benzene rings is 2. The molecule has 6 nitrogen and oxygen atoms in total. The van der Waals surface area contributed by atoms with E-state index in [9.17, 15) is 14.0 Å². The molecule has 0 unspecified atom stereocenters. The summed E-state index contributed by atoms with van der Waals surface area (Å²) in [7, 11) is 1.38. The van der Waals surface area contributed by atoms with Crippen LogP contribution in [0.1, 0.15) is 47.5 Å². The molecule has 1 saturated heterocycles. The molecule has 2 fully saturated rings. The number of methoxy groups -OCH3 is 1. The molecule has 2 aromatic carbocycles. The normalized spacial score (nSPS) is 17.0. The highest BCUT2D eigenvalue weighted by Crippen LogP contribution is 2.43. The Kier molecular flexibility index (Phi) is 5.37. The molecule has 0 radical (unpaired) electrons. The summed E-state index contributed by atoms with van der Waals surface area (Å²) in [5.41, 5.74) is 1.76. The smallest absolute Gasteiger partial charge is 0.308 e. The van der Waals surface area contributed by atoms with E-state index in [1.54, 1.807) is 18.2 Å². The van der Waals surface area contributed by atoms with Gasteiger partial charge < -0.3 is 9.64 Å². The maximum Gasteiger partial charge on any atom is 0.308 e. The average Bonchev–Trinajstić information content (AvgIpc) is 3.58. The van der Waals surface area contributed by atoms with Crippen molar-refractivity contribution in [2.75, 3.05) is 25.1 Å². The van der Waals surface area contributed by atoms with Crippen molar-refractivity contribution in [3.63, 3.8) is 0 Å². The first-order valence-corrected chi connectivity index (χ1v) is 11.2. The van der Waals surface area contributed by atoms with Gasteiger partial charge in [-0.15, -0.1) is 5.10 Å². The SMILES string of the molecule is COC(=O)C1CCN(c2nn(C(=O)c3c(Cl)cccc3C3CC3)c3cccc(F)c23)CC1. The number of hydrogen-bond acceptors (Lipinski definition) is 5. The van der Waals surface area contributed by atoms with E-state index in [-0.39, 0.29) is 17.8 Å². The summed E-state index contributed by atoms with van der Waals surface area (Å²) in [6.45, 7) is 1.04. The fraction of sp³-hybridized carbons (Fsp3) is 0.375. The van der Waals surface area contributed by atoms with Crippen LogP contribution in [0.4, 0.5) is 10.2 Å². The highest BCUT2D eigenvalue weighted by atomic mass is 35.5. The molecule has 3 aromatic rings. The molecule has 0 spiro atoms. The van der Waals surface area contributed by atoms with Gasteiger partial charge in [-0.1, -0.05) is 29.8 Å². The molecule has 166 valence electrons. The summed E-state index contributed by atoms with van der Waals surface area (Å²) in [5.74, 6) is -0.470. The van der Waals surface area contributed by atoms with Crippen molar-refractivity contribution in [1.29, 1.82) is 0 Å². The van der Waals surface area contributed by atoms with Crippen molar-refractivity contribution >= 4 is 40.2 Å². The van der Waals surface area contributed by atoms with Crippen molar-refractivity contribution in [2.45, 2.75) is 31.6 Å². The first-order valence-electron chi connectivity index (χ1n) is 10.8. The highest BCUT2D eigenvalue weighted by molar-refractivity contribution is 6.34. The third-order valence-electron chi connectivity index (χ3n) is 6.44. The lowest BCUT2D eigenvalue weighted by molar-refractivity contribution is -0.146. The summed E-state index contributed by atoms with van der Waals surface area (Å²) in [6.07, 6.45) is 3.21. The second kappa shape index (κ2) is 8.20. The van der Waals surface area contributed by atoms with Gasteiger partial charge in [-0.05, 0) is 55.4 Å². The van der Waals surface area contributed by atoms with Gasteiger partial charge in [-0.2, -0.15) is 4.68 Å². The summed E-state index contributed by atoms with van der Waals surface area (Å²) < 4.78 is 21.1. The fourth-order valence-electron chi connectivity index (χ4n) is 4.59. The van der Waals surface area contributed by atoms with Crippen LogP contribution in [-0.4, -0.2) is 41.9 Å². The van der Waals surface area contributed by atoms with Crippen molar-refractivity contribution in [3.8, 4) is 0 Å². The number of esters is 1. The minimum absolute atomic E-state index is 0.180. The molecule has 5 rings (SSSR count). The summed E-state index contributed by atoms with van der Waals surface area (Å²) >= 11 is 6.45. The Bertz CT molecular complexity index is 1210. The molecule has 1 aromatic heterocycles. The first-order chi connectivity index (χ1) is 15.5. The van der Waals surface area contributed by atoms with E-state index < -0.39 is 5.82 Å². The van der Waals surface area contributed by atoms with Crippen molar-refractivity contribution < 1.29 is 18.7 Å². The molecule has 0 N–H and O–H groups in total. The van der Waals surface area contributed by atoms with Gasteiger partial charge in [0.15, 0.2) is 5.82 Å². The number of fused-ring (bicyclic) bond motifs is 1. The Morgan fingerprint density at radius 1 is 1.09 bits per heavy atom. The van der Waals surface area contributed by atoms with E-state index in [0.29, 0.717) is 59.2 Å². The third kappa shape index (κ3) is 3.54. The molecular weight excluding hydrogens is 433 g/mol. The standard InChI is InChI=1S/C24H23ClFN3O3/c1-32-24(31)15-10-12-28(13-11-15)22-21-18(26)6-3-7-19(21)29(27-22)23(30)20-16(14-8-9-14)4-2-5-17(20)25/h2-7,14-15H,8-13H2,1H3. The van der Waals surface area contributed by atoms with Crippen molar-refractivity contribution in [3.05, 3.63) is 58.4 Å². The minimum atomic E-state index is -0.437. The molecule has 2 heterocycles. The van der Waals surface area contributed by atoms with Crippen LogP contribution in [0.5, 0.6) is 0 Å². The van der Waals surface area contributed by atoms with Gasteiger partial charge in [0.25, 0.3) is 5.91 Å². The van der Waals surface area contributed by atoms with Gasteiger partial charge >= 0.3 is 5.97 Å². The molecule has 2 aliphatic rings. The lowest BCUT2D eigenvalue weighted by Crippen LogP contribution is -2.37. The summed E-state index contributed by atoms with van der Waals surface area (Å²) in [5, 5.41) is 5.26. The molecule has 1 saturated carbocycles. The van der Waals surface area contributed by atoms with Gasteiger partial charge in [-0.3, -0.25) is 9.59 Å². The van der Waals surface area contributed by atoms with Crippen LogP contribution in [-0.2, 0) is 9.53 Å². The topological polar surface area (TPSA) is 64.4 Å². The lowest BCUT2D eigenvalue weighted by Gasteiger charge is -2.30. The molecule has 0 amide bonds. The van der Waals surface area contributed by atoms with Crippen LogP contribution in [0.2, 0.25) is 5.02 Å². The number of carbonyl (C=O) groups excluding carboxylic acids is 2. The zero-order valence-corrected chi connectivity index (χ0v) is 18.4. The largest absolute Gasteiger partial charge is 0.469 e. The Hall–Kier alpha value is -2.93. The number of hydrogen-bond donors (Lipinski definition) is 0. The number of carbonyl (C=O) groups is 2. The maximum atomic E-state index is 14.9. The number of nitrogens with zero attached hydrogens (tertiary/aromatic N) is 3. The van der Waals surface area contributed by atoms with E-state index in [2.05, 4.69) is 5.10 Å². The molecule has 8 heteroatoms. The Labute approximate surface area is 189 Å². The van der Waals surface area contributed by atoms with Gasteiger partial charge in [0.05, 0.1) is 34.5 Å². The van der Waals surface area contributed by atoms with Gasteiger partial charge in [0.2, 0.25) is 0 Å². The number of aromatic nitrogens is 2. The summed E-state index contributed by atoms with van der Waals surface area (Å²) in [4.78, 5) is 27.4. The van der Waals surface area contributed by atoms with Gasteiger partial charge in [-0.25, -0.2) is 4.39 Å². The van der Waals surface area contributed by atoms with Crippen LogP contribution in [0.3, 0.4) is 0 Å². The molecular formula is C24H23ClFN3O3. The van der Waals surface area contributed by atoms with Crippen LogP contribution in [0.15, 0.2) is 36.4 Å². The zero-order chi connectivity index (χ0) is 22.4. The maximum absolute atomic E-state index is 14.9. The fourth-order valence-corrected chi connectivity index (χ4v) is 4.85. The van der Waals surface area contributed by atoms with E-state index in [1.165, 1.54) is 17.9 Å². The molecule has 0 atom stereocenters. The quantitative estimate of drug-likeness (QED) is 0.529. The average molecular weight is 456 g/mol. The number of anilines is 1. The zero-order valence-electron chi connectivity index (χ0n) is 17.7. The monoisotopic (exact) mass is 455 g/mol. The van der Waals surface area contributed by atoms with Crippen LogP contribution >= 0.6 is 11.6 Å². The van der Waals surface area contributed by atoms with Crippen molar-refractivity contribution in [1.82, 2.24) is 9.78 Å².